The molecule has 1 aromatic carbocycles. The highest BCUT2D eigenvalue weighted by Gasteiger charge is 2.07. The lowest BCUT2D eigenvalue weighted by atomic mass is 10.1. The number of benzene rings is 1. The third kappa shape index (κ3) is 2.40. The molecule has 0 saturated heterocycles. The van der Waals surface area contributed by atoms with E-state index in [2.05, 4.69) is 10.1 Å². The Kier molecular flexibility index (Phi) is 3.19. The van der Waals surface area contributed by atoms with Crippen LogP contribution < -0.4 is 0 Å². The Morgan fingerprint density at radius 3 is 2.47 bits per heavy atom. The molecule has 0 aliphatic heterocycles. The van der Waals surface area contributed by atoms with Crippen LogP contribution in [0, 0.1) is 19.7 Å². The topological polar surface area (TPSA) is 38.9 Å². The van der Waals surface area contributed by atoms with Crippen molar-refractivity contribution in [1.29, 1.82) is 0 Å². The monoisotopic (exact) mass is 208 g/mol. The lowest BCUT2D eigenvalue weighted by Crippen LogP contribution is -1.85. The van der Waals surface area contributed by atoms with E-state index >= 15 is 0 Å². The summed E-state index contributed by atoms with van der Waals surface area (Å²) in [6, 6.07) is 4.65. The van der Waals surface area contributed by atoms with Crippen molar-refractivity contribution >= 4 is 0 Å². The summed E-state index contributed by atoms with van der Waals surface area (Å²) in [5.41, 5.74) is 1.47. The molecule has 0 radical (unpaired) electrons. The average molecular weight is 208 g/mol. The first-order valence-electron chi connectivity index (χ1n) is 4.23. The van der Waals surface area contributed by atoms with Crippen LogP contribution in [0.15, 0.2) is 22.7 Å². The maximum atomic E-state index is 13.0. The SMILES string of the molecule is C.Cc1cc(F)cc(-c2noc(C)n2)c1. The van der Waals surface area contributed by atoms with Crippen LogP contribution in [0.3, 0.4) is 0 Å². The Labute approximate surface area is 87.9 Å². The van der Waals surface area contributed by atoms with E-state index in [1.807, 2.05) is 13.0 Å². The van der Waals surface area contributed by atoms with Crippen LogP contribution in [0.1, 0.15) is 18.9 Å². The summed E-state index contributed by atoms with van der Waals surface area (Å²) in [6.45, 7) is 3.52. The molecule has 3 nitrogen and oxygen atoms in total. The number of rotatable bonds is 1. The van der Waals surface area contributed by atoms with E-state index in [0.717, 1.165) is 5.56 Å². The molecular formula is C11H13FN2O. The van der Waals surface area contributed by atoms with E-state index in [1.165, 1.54) is 12.1 Å². The van der Waals surface area contributed by atoms with Crippen LogP contribution >= 0.6 is 0 Å². The van der Waals surface area contributed by atoms with Crippen molar-refractivity contribution in [2.45, 2.75) is 21.3 Å². The molecule has 0 atom stereocenters. The first kappa shape index (κ1) is 11.4. The molecule has 2 aromatic rings. The molecule has 2 rings (SSSR count). The molecule has 1 heterocycles. The largest absolute Gasteiger partial charge is 0.339 e. The maximum Gasteiger partial charge on any atom is 0.223 e. The third-order valence-corrected chi connectivity index (χ3v) is 1.83. The number of aryl methyl sites for hydroxylation is 2. The van der Waals surface area contributed by atoms with Gasteiger partial charge in [0, 0.05) is 12.5 Å². The highest BCUT2D eigenvalue weighted by molar-refractivity contribution is 5.55. The maximum absolute atomic E-state index is 13.0. The van der Waals surface area contributed by atoms with Crippen molar-refractivity contribution in [2.24, 2.45) is 0 Å². The van der Waals surface area contributed by atoms with Gasteiger partial charge < -0.3 is 4.52 Å². The van der Waals surface area contributed by atoms with Gasteiger partial charge in [0.25, 0.3) is 0 Å². The zero-order chi connectivity index (χ0) is 10.1. The second-order valence-electron chi connectivity index (χ2n) is 3.15. The van der Waals surface area contributed by atoms with Crippen LogP contribution in [0.5, 0.6) is 0 Å². The Morgan fingerprint density at radius 2 is 1.93 bits per heavy atom. The summed E-state index contributed by atoms with van der Waals surface area (Å²) < 4.78 is 17.8. The van der Waals surface area contributed by atoms with Crippen molar-refractivity contribution in [2.75, 3.05) is 0 Å². The van der Waals surface area contributed by atoms with Crippen molar-refractivity contribution in [3.8, 4) is 11.4 Å². The minimum atomic E-state index is -0.289. The molecule has 1 aromatic heterocycles. The first-order chi connectivity index (χ1) is 6.65. The Balaban J connectivity index is 0.00000112. The van der Waals surface area contributed by atoms with E-state index in [-0.39, 0.29) is 13.2 Å². The van der Waals surface area contributed by atoms with Crippen molar-refractivity contribution in [1.82, 2.24) is 10.1 Å². The molecule has 15 heavy (non-hydrogen) atoms. The summed E-state index contributed by atoms with van der Waals surface area (Å²) in [5.74, 6) is 0.606. The van der Waals surface area contributed by atoms with E-state index < -0.39 is 0 Å². The molecule has 0 aliphatic carbocycles. The Hall–Kier alpha value is -1.71. The standard InChI is InChI=1S/C10H9FN2O.CH4/c1-6-3-8(5-9(11)4-6)10-12-7(2)14-13-10;/h3-5H,1-2H3;1H4. The second kappa shape index (κ2) is 4.21. The minimum Gasteiger partial charge on any atom is -0.339 e. The Bertz CT molecular complexity index is 445. The molecule has 80 valence electrons. The minimum absolute atomic E-state index is 0. The van der Waals surface area contributed by atoms with E-state index in [1.54, 1.807) is 6.92 Å². The normalized spacial score (nSPS) is 9.80. The summed E-state index contributed by atoms with van der Waals surface area (Å²) in [7, 11) is 0. The second-order valence-corrected chi connectivity index (χ2v) is 3.15. The fraction of sp³-hybridized carbons (Fsp3) is 0.273. The van der Waals surface area contributed by atoms with Crippen molar-refractivity contribution < 1.29 is 8.91 Å². The van der Waals surface area contributed by atoms with Gasteiger partial charge in [0.05, 0.1) is 0 Å². The number of halogens is 1. The van der Waals surface area contributed by atoms with Gasteiger partial charge in [-0.3, -0.25) is 0 Å². The third-order valence-electron chi connectivity index (χ3n) is 1.83. The molecule has 0 saturated carbocycles. The van der Waals surface area contributed by atoms with Crippen molar-refractivity contribution in [3.63, 3.8) is 0 Å². The predicted octanol–water partition coefficient (Wildman–Crippen LogP) is 3.13. The summed E-state index contributed by atoms with van der Waals surface area (Å²) >= 11 is 0. The smallest absolute Gasteiger partial charge is 0.223 e. The number of hydrogen-bond acceptors (Lipinski definition) is 3. The fourth-order valence-corrected chi connectivity index (χ4v) is 1.28. The van der Waals surface area contributed by atoms with Gasteiger partial charge in [0.2, 0.25) is 11.7 Å². The molecule has 4 heteroatoms. The summed E-state index contributed by atoms with van der Waals surface area (Å²) in [4.78, 5) is 4.02. The van der Waals surface area contributed by atoms with Gasteiger partial charge >= 0.3 is 0 Å². The fourth-order valence-electron chi connectivity index (χ4n) is 1.28. The molecular weight excluding hydrogens is 195 g/mol. The van der Waals surface area contributed by atoms with Crippen LogP contribution in [0.4, 0.5) is 4.39 Å². The Morgan fingerprint density at radius 1 is 1.20 bits per heavy atom. The van der Waals surface area contributed by atoms with Crippen LogP contribution in [-0.2, 0) is 0 Å². The number of hydrogen-bond donors (Lipinski definition) is 0. The van der Waals surface area contributed by atoms with Gasteiger partial charge in [0.1, 0.15) is 5.82 Å². The van der Waals surface area contributed by atoms with Gasteiger partial charge in [-0.15, -0.1) is 0 Å². The number of nitrogens with zero attached hydrogens (tertiary/aromatic N) is 2. The molecule has 0 N–H and O–H groups in total. The van der Waals surface area contributed by atoms with E-state index in [4.69, 9.17) is 4.52 Å². The van der Waals surface area contributed by atoms with Crippen LogP contribution in [0.2, 0.25) is 0 Å². The highest BCUT2D eigenvalue weighted by atomic mass is 19.1. The van der Waals surface area contributed by atoms with Gasteiger partial charge in [0.15, 0.2) is 0 Å². The molecule has 0 bridgehead atoms. The van der Waals surface area contributed by atoms with E-state index in [9.17, 15) is 4.39 Å². The van der Waals surface area contributed by atoms with E-state index in [0.29, 0.717) is 17.3 Å². The molecule has 0 spiro atoms. The highest BCUT2D eigenvalue weighted by Crippen LogP contribution is 2.18. The molecule has 0 unspecified atom stereocenters. The van der Waals surface area contributed by atoms with Crippen molar-refractivity contribution in [3.05, 3.63) is 35.5 Å². The quantitative estimate of drug-likeness (QED) is 0.722. The summed E-state index contributed by atoms with van der Waals surface area (Å²) in [6.07, 6.45) is 0. The van der Waals surface area contributed by atoms with Crippen LogP contribution in [-0.4, -0.2) is 10.1 Å². The first-order valence-corrected chi connectivity index (χ1v) is 4.23. The van der Waals surface area contributed by atoms with Gasteiger partial charge in [-0.1, -0.05) is 12.6 Å². The average Bonchev–Trinajstić information content (AvgIpc) is 2.50. The lowest BCUT2D eigenvalue weighted by molar-refractivity contribution is 0.394. The van der Waals surface area contributed by atoms with Gasteiger partial charge in [-0.2, -0.15) is 4.98 Å². The predicted molar refractivity (Wildman–Crippen MR) is 55.9 cm³/mol. The van der Waals surface area contributed by atoms with Crippen LogP contribution in [0.25, 0.3) is 11.4 Å². The molecule has 0 aliphatic rings. The molecule has 0 fully saturated rings. The lowest BCUT2D eigenvalue weighted by Gasteiger charge is -1.97. The van der Waals surface area contributed by atoms with Gasteiger partial charge in [-0.25, -0.2) is 4.39 Å². The van der Waals surface area contributed by atoms with Gasteiger partial charge in [-0.05, 0) is 30.7 Å². The number of aromatic nitrogens is 2. The zero-order valence-electron chi connectivity index (χ0n) is 7.91. The molecule has 0 amide bonds. The summed E-state index contributed by atoms with van der Waals surface area (Å²) in [5, 5.41) is 3.72. The zero-order valence-corrected chi connectivity index (χ0v) is 7.91.